The van der Waals surface area contributed by atoms with E-state index in [4.69, 9.17) is 4.74 Å². The van der Waals surface area contributed by atoms with Crippen molar-refractivity contribution < 1.29 is 9.53 Å². The molecule has 1 aliphatic heterocycles. The van der Waals surface area contributed by atoms with Crippen LogP contribution in [-0.2, 0) is 4.74 Å². The first-order valence-corrected chi connectivity index (χ1v) is 7.99. The fourth-order valence-electron chi connectivity index (χ4n) is 2.55. The summed E-state index contributed by atoms with van der Waals surface area (Å²) in [5.41, 5.74) is 1.16. The predicted molar refractivity (Wildman–Crippen MR) is 93.5 cm³/mol. The Morgan fingerprint density at radius 1 is 1.48 bits per heavy atom. The van der Waals surface area contributed by atoms with Gasteiger partial charge in [0.25, 0.3) is 0 Å². The Labute approximate surface area is 142 Å². The van der Waals surface area contributed by atoms with Gasteiger partial charge in [-0.25, -0.2) is 4.79 Å². The van der Waals surface area contributed by atoms with Gasteiger partial charge >= 0.3 is 6.09 Å². The number of pyridine rings is 1. The lowest BCUT2D eigenvalue weighted by Crippen LogP contribution is -2.55. The summed E-state index contributed by atoms with van der Waals surface area (Å²) in [4.78, 5) is 24.4. The summed E-state index contributed by atoms with van der Waals surface area (Å²) in [5, 5.41) is 2.38. The summed E-state index contributed by atoms with van der Waals surface area (Å²) in [7, 11) is 0. The summed E-state index contributed by atoms with van der Waals surface area (Å²) in [6.45, 7) is 9.63. The van der Waals surface area contributed by atoms with E-state index in [0.717, 1.165) is 5.69 Å². The lowest BCUT2D eigenvalue weighted by Gasteiger charge is -2.41. The average Bonchev–Trinajstić information content (AvgIpc) is 2.46. The molecule has 7 heteroatoms. The minimum Gasteiger partial charge on any atom is -0.444 e. The number of ether oxygens (including phenoxy) is 1. The normalized spacial score (nSPS) is 18.3. The lowest BCUT2D eigenvalue weighted by molar-refractivity contribution is 0.0159. The van der Waals surface area contributed by atoms with E-state index < -0.39 is 5.60 Å². The first-order valence-electron chi connectivity index (χ1n) is 7.58. The first-order chi connectivity index (χ1) is 10.8. The lowest BCUT2D eigenvalue weighted by atomic mass is 10.1. The molecule has 0 radical (unpaired) electrons. The van der Waals surface area contributed by atoms with Crippen LogP contribution in [0.25, 0.3) is 0 Å². The summed E-state index contributed by atoms with van der Waals surface area (Å²) >= 11 is 4.69. The summed E-state index contributed by atoms with van der Waals surface area (Å²) in [6, 6.07) is 1.94. The Morgan fingerprint density at radius 3 is 2.83 bits per heavy atom. The van der Waals surface area contributed by atoms with Crippen LogP contribution in [0.3, 0.4) is 0 Å². The van der Waals surface area contributed by atoms with E-state index in [-0.39, 0.29) is 12.1 Å². The second-order valence-electron chi connectivity index (χ2n) is 6.54. The molecule has 1 unspecified atom stereocenters. The van der Waals surface area contributed by atoms with Crippen molar-refractivity contribution in [3.8, 4) is 0 Å². The maximum absolute atomic E-state index is 12.3. The van der Waals surface area contributed by atoms with Crippen molar-refractivity contribution in [1.29, 1.82) is 0 Å². The number of hydrogen-bond acceptors (Lipinski definition) is 6. The average molecular weight is 334 g/mol. The van der Waals surface area contributed by atoms with Gasteiger partial charge in [0.15, 0.2) is 0 Å². The quantitative estimate of drug-likeness (QED) is 0.614. The number of amides is 1. The number of nitrogens with zero attached hydrogens (tertiary/aromatic N) is 4. The number of aliphatic imine (C=N–C) groups is 1. The Morgan fingerprint density at radius 2 is 2.22 bits per heavy atom. The van der Waals surface area contributed by atoms with E-state index in [9.17, 15) is 4.79 Å². The second-order valence-corrected chi connectivity index (χ2v) is 6.72. The molecule has 1 aliphatic rings. The number of hydrogen-bond donors (Lipinski definition) is 0. The number of piperazine rings is 1. The molecule has 2 heterocycles. The molecule has 23 heavy (non-hydrogen) atoms. The highest BCUT2D eigenvalue weighted by molar-refractivity contribution is 7.78. The third-order valence-electron chi connectivity index (χ3n) is 3.54. The Kier molecular flexibility index (Phi) is 5.34. The van der Waals surface area contributed by atoms with Gasteiger partial charge in [0.2, 0.25) is 0 Å². The van der Waals surface area contributed by atoms with Gasteiger partial charge in [-0.3, -0.25) is 4.98 Å². The van der Waals surface area contributed by atoms with Crippen LogP contribution in [0.1, 0.15) is 27.7 Å². The largest absolute Gasteiger partial charge is 0.444 e. The second kappa shape index (κ2) is 7.06. The van der Waals surface area contributed by atoms with Crippen LogP contribution >= 0.6 is 12.2 Å². The van der Waals surface area contributed by atoms with Crippen molar-refractivity contribution in [1.82, 2.24) is 9.88 Å². The molecule has 1 aromatic heterocycles. The zero-order chi connectivity index (χ0) is 17.0. The molecule has 6 nitrogen and oxygen atoms in total. The topological polar surface area (TPSA) is 58.0 Å². The van der Waals surface area contributed by atoms with Crippen LogP contribution in [-0.4, -0.2) is 52.4 Å². The number of rotatable bonds is 2. The highest BCUT2D eigenvalue weighted by Gasteiger charge is 2.31. The zero-order valence-electron chi connectivity index (χ0n) is 13.9. The third kappa shape index (κ3) is 4.50. The molecule has 0 spiro atoms. The van der Waals surface area contributed by atoms with Crippen LogP contribution in [0.2, 0.25) is 0 Å². The number of carbonyl (C=O) groups excluding carboxylic acids is 1. The molecule has 2 rings (SSSR count). The molecule has 0 saturated carbocycles. The number of isothiocyanates is 1. The van der Waals surface area contributed by atoms with Crippen molar-refractivity contribution in [2.75, 3.05) is 24.5 Å². The summed E-state index contributed by atoms with van der Waals surface area (Å²) in [6.07, 6.45) is 3.12. The van der Waals surface area contributed by atoms with Gasteiger partial charge in [-0.2, -0.15) is 4.99 Å². The van der Waals surface area contributed by atoms with Gasteiger partial charge in [0.1, 0.15) is 11.3 Å². The molecule has 0 bridgehead atoms. The molecule has 1 saturated heterocycles. The van der Waals surface area contributed by atoms with E-state index in [1.54, 1.807) is 17.3 Å². The SMILES string of the molecule is CC1CN(c2ccncc2N=C=S)CCN1C(=O)OC(C)(C)C. The summed E-state index contributed by atoms with van der Waals surface area (Å²) in [5.74, 6) is 0. The van der Waals surface area contributed by atoms with Crippen molar-refractivity contribution in [3.05, 3.63) is 18.5 Å². The van der Waals surface area contributed by atoms with E-state index in [0.29, 0.717) is 25.3 Å². The van der Waals surface area contributed by atoms with Crippen LogP contribution in [0, 0.1) is 0 Å². The van der Waals surface area contributed by atoms with Crippen molar-refractivity contribution in [3.63, 3.8) is 0 Å². The van der Waals surface area contributed by atoms with Crippen molar-refractivity contribution >= 4 is 34.8 Å². The predicted octanol–water partition coefficient (Wildman–Crippen LogP) is 3.26. The van der Waals surface area contributed by atoms with E-state index >= 15 is 0 Å². The number of aromatic nitrogens is 1. The number of thiocarbonyl (C=S) groups is 1. The minimum absolute atomic E-state index is 0.0380. The monoisotopic (exact) mass is 334 g/mol. The van der Waals surface area contributed by atoms with E-state index in [1.165, 1.54) is 0 Å². The van der Waals surface area contributed by atoms with E-state index in [1.807, 2.05) is 33.8 Å². The Bertz CT molecular complexity index is 623. The molecule has 1 amide bonds. The molecule has 124 valence electrons. The molecular weight excluding hydrogens is 312 g/mol. The maximum atomic E-state index is 12.3. The van der Waals surface area contributed by atoms with Crippen LogP contribution in [0.15, 0.2) is 23.5 Å². The molecular formula is C16H22N4O2S. The van der Waals surface area contributed by atoms with Gasteiger partial charge in [-0.1, -0.05) is 0 Å². The van der Waals surface area contributed by atoms with Crippen molar-refractivity contribution in [2.24, 2.45) is 4.99 Å². The summed E-state index contributed by atoms with van der Waals surface area (Å²) < 4.78 is 5.47. The highest BCUT2D eigenvalue weighted by atomic mass is 32.1. The van der Waals surface area contributed by atoms with Crippen LogP contribution in [0.5, 0.6) is 0 Å². The molecule has 1 aromatic rings. The van der Waals surface area contributed by atoms with Crippen molar-refractivity contribution in [2.45, 2.75) is 39.3 Å². The van der Waals surface area contributed by atoms with E-state index in [2.05, 4.69) is 32.3 Å². The van der Waals surface area contributed by atoms with Gasteiger partial charge in [0, 0.05) is 31.9 Å². The van der Waals surface area contributed by atoms with Crippen LogP contribution in [0.4, 0.5) is 16.2 Å². The van der Waals surface area contributed by atoms with Gasteiger partial charge < -0.3 is 14.5 Å². The molecule has 1 atom stereocenters. The van der Waals surface area contributed by atoms with Crippen LogP contribution < -0.4 is 4.90 Å². The molecule has 0 aromatic carbocycles. The Hall–Kier alpha value is -1.98. The first kappa shape index (κ1) is 17.4. The third-order valence-corrected chi connectivity index (χ3v) is 3.63. The number of anilines is 1. The fourth-order valence-corrected chi connectivity index (χ4v) is 2.65. The smallest absolute Gasteiger partial charge is 0.410 e. The Balaban J connectivity index is 2.10. The zero-order valence-corrected chi connectivity index (χ0v) is 14.8. The van der Waals surface area contributed by atoms with Gasteiger partial charge in [-0.15, -0.1) is 0 Å². The standard InChI is InChI=1S/C16H22N4O2S/c1-12-10-19(14-5-6-17-9-13(14)18-11-23)7-8-20(12)15(21)22-16(2,3)4/h5-6,9,12H,7-8,10H2,1-4H3. The fraction of sp³-hybridized carbons (Fsp3) is 0.562. The van der Waals surface area contributed by atoms with Gasteiger partial charge in [0.05, 0.1) is 17.0 Å². The highest BCUT2D eigenvalue weighted by Crippen LogP contribution is 2.29. The number of carbonyl (C=O) groups is 1. The van der Waals surface area contributed by atoms with Gasteiger partial charge in [-0.05, 0) is 46.0 Å². The molecule has 0 N–H and O–H groups in total. The minimum atomic E-state index is -0.486. The molecule has 1 fully saturated rings. The molecule has 0 aliphatic carbocycles. The maximum Gasteiger partial charge on any atom is 0.410 e.